The summed E-state index contributed by atoms with van der Waals surface area (Å²) in [7, 11) is 1.68. The quantitative estimate of drug-likeness (QED) is 0.507. The fourth-order valence-electron chi connectivity index (χ4n) is 5.78. The fourth-order valence-corrected chi connectivity index (χ4v) is 5.78. The van der Waals surface area contributed by atoms with Gasteiger partial charge in [0.1, 0.15) is 11.3 Å². The van der Waals surface area contributed by atoms with Crippen LogP contribution in [0.4, 0.5) is 11.6 Å². The van der Waals surface area contributed by atoms with Crippen LogP contribution in [0.1, 0.15) is 34.8 Å². The third-order valence-electron chi connectivity index (χ3n) is 7.72. The molecule has 0 bridgehead atoms. The van der Waals surface area contributed by atoms with Crippen LogP contribution >= 0.6 is 0 Å². The summed E-state index contributed by atoms with van der Waals surface area (Å²) < 4.78 is 23.1. The van der Waals surface area contributed by atoms with Crippen LogP contribution < -0.4 is 20.0 Å². The van der Waals surface area contributed by atoms with Crippen LogP contribution in [0.25, 0.3) is 11.0 Å². The molecule has 3 fully saturated rings. The minimum atomic E-state index is -0.146. The molecule has 3 aliphatic rings. The zero-order valence-corrected chi connectivity index (χ0v) is 21.7. The molecule has 38 heavy (non-hydrogen) atoms. The van der Waals surface area contributed by atoms with E-state index in [1.54, 1.807) is 24.1 Å². The highest BCUT2D eigenvalue weighted by molar-refractivity contribution is 5.99. The summed E-state index contributed by atoms with van der Waals surface area (Å²) >= 11 is 0. The number of amides is 1. The number of nitrogens with zero attached hydrogens (tertiary/aromatic N) is 3. The molecule has 9 heteroatoms. The van der Waals surface area contributed by atoms with Gasteiger partial charge in [0, 0.05) is 49.9 Å². The minimum Gasteiger partial charge on any atom is -0.495 e. The van der Waals surface area contributed by atoms with E-state index in [0.29, 0.717) is 75.0 Å². The van der Waals surface area contributed by atoms with Crippen LogP contribution in [0.3, 0.4) is 0 Å². The number of hydrogen-bond donors (Lipinski definition) is 0. The van der Waals surface area contributed by atoms with Gasteiger partial charge in [0.05, 0.1) is 50.7 Å². The molecular weight excluding hydrogens is 486 g/mol. The number of para-hydroxylation sites is 2. The second-order valence-electron chi connectivity index (χ2n) is 9.92. The average Bonchev–Trinajstić information content (AvgIpc) is 3.47. The Hall–Kier alpha value is -3.56. The van der Waals surface area contributed by atoms with E-state index in [1.165, 1.54) is 0 Å². The van der Waals surface area contributed by atoms with Crippen molar-refractivity contribution in [3.8, 4) is 5.75 Å². The third kappa shape index (κ3) is 4.61. The Bertz CT molecular complexity index is 1380. The van der Waals surface area contributed by atoms with Gasteiger partial charge in [-0.2, -0.15) is 0 Å². The SMILES string of the molecule is COc1ccccc1N1CCC[C@H]1c1cc(C(=O)N2CCOCC2)cc2c(=O)cc(N3CCOCC3)oc12. The van der Waals surface area contributed by atoms with Gasteiger partial charge < -0.3 is 33.3 Å². The molecule has 4 heterocycles. The number of hydrogen-bond acceptors (Lipinski definition) is 8. The molecule has 1 amide bonds. The maximum atomic E-state index is 13.6. The monoisotopic (exact) mass is 519 g/mol. The summed E-state index contributed by atoms with van der Waals surface area (Å²) in [4.78, 5) is 33.2. The highest BCUT2D eigenvalue weighted by atomic mass is 16.5. The number of morpholine rings is 2. The molecule has 0 aliphatic carbocycles. The largest absolute Gasteiger partial charge is 0.495 e. The number of carbonyl (C=O) groups excluding carboxylic acids is 1. The van der Waals surface area contributed by atoms with Crippen LogP contribution in [0.2, 0.25) is 0 Å². The van der Waals surface area contributed by atoms with Gasteiger partial charge in [0.2, 0.25) is 0 Å². The molecule has 0 N–H and O–H groups in total. The van der Waals surface area contributed by atoms with E-state index >= 15 is 0 Å². The maximum absolute atomic E-state index is 13.6. The number of carbonyl (C=O) groups is 1. The standard InChI is InChI=1S/C29H33N3O6/c1-35-26-7-3-2-5-24(26)32-8-4-6-23(32)21-17-20(29(34)31-11-15-37-16-12-31)18-22-25(33)19-27(38-28(21)22)30-9-13-36-14-10-30/h2-3,5,7,17-19,23H,4,6,8-16H2,1H3/t23-/m0/s1. The van der Waals surface area contributed by atoms with Gasteiger partial charge in [-0.05, 0) is 37.1 Å². The highest BCUT2D eigenvalue weighted by Crippen LogP contribution is 2.43. The third-order valence-corrected chi connectivity index (χ3v) is 7.72. The Balaban J connectivity index is 1.50. The second-order valence-corrected chi connectivity index (χ2v) is 9.92. The summed E-state index contributed by atoms with van der Waals surface area (Å²) in [6, 6.07) is 13.1. The van der Waals surface area contributed by atoms with Crippen LogP contribution in [0, 0.1) is 0 Å². The van der Waals surface area contributed by atoms with E-state index < -0.39 is 0 Å². The lowest BCUT2D eigenvalue weighted by atomic mass is 9.97. The molecule has 0 saturated carbocycles. The smallest absolute Gasteiger partial charge is 0.254 e. The van der Waals surface area contributed by atoms with E-state index in [0.717, 1.165) is 36.4 Å². The molecule has 0 unspecified atom stereocenters. The van der Waals surface area contributed by atoms with Crippen LogP contribution in [0.15, 0.2) is 51.7 Å². The van der Waals surface area contributed by atoms with E-state index in [1.807, 2.05) is 29.2 Å². The Morgan fingerprint density at radius 3 is 2.45 bits per heavy atom. The van der Waals surface area contributed by atoms with Crippen molar-refractivity contribution < 1.29 is 23.4 Å². The van der Waals surface area contributed by atoms with Crippen LogP contribution in [-0.2, 0) is 9.47 Å². The molecule has 1 atom stereocenters. The average molecular weight is 520 g/mol. The van der Waals surface area contributed by atoms with Gasteiger partial charge in [0.15, 0.2) is 11.3 Å². The molecule has 3 saturated heterocycles. The first-order chi connectivity index (χ1) is 18.6. The Labute approximate surface area is 221 Å². The van der Waals surface area contributed by atoms with Gasteiger partial charge in [0.25, 0.3) is 5.91 Å². The molecule has 2 aromatic carbocycles. The normalized spacial score (nSPS) is 20.2. The Kier molecular flexibility index (Phi) is 6.95. The van der Waals surface area contributed by atoms with Crippen LogP contribution in [0.5, 0.6) is 5.75 Å². The van der Waals surface area contributed by atoms with Crippen molar-refractivity contribution in [2.45, 2.75) is 18.9 Å². The van der Waals surface area contributed by atoms with Gasteiger partial charge >= 0.3 is 0 Å². The topological polar surface area (TPSA) is 84.7 Å². The van der Waals surface area contributed by atoms with Crippen molar-refractivity contribution >= 4 is 28.4 Å². The fraction of sp³-hybridized carbons (Fsp3) is 0.448. The lowest BCUT2D eigenvalue weighted by molar-refractivity contribution is 0.0303. The van der Waals surface area contributed by atoms with E-state index in [2.05, 4.69) is 11.0 Å². The molecule has 0 spiro atoms. The molecular formula is C29H33N3O6. The first kappa shape index (κ1) is 24.8. The molecule has 0 radical (unpaired) electrons. The van der Waals surface area contributed by atoms with Gasteiger partial charge in [-0.15, -0.1) is 0 Å². The number of anilines is 2. The first-order valence-corrected chi connectivity index (χ1v) is 13.4. The van der Waals surface area contributed by atoms with Crippen LogP contribution in [-0.4, -0.2) is 77.1 Å². The van der Waals surface area contributed by atoms with Crippen molar-refractivity contribution in [2.24, 2.45) is 0 Å². The van der Waals surface area contributed by atoms with Gasteiger partial charge in [-0.25, -0.2) is 0 Å². The predicted molar refractivity (Wildman–Crippen MR) is 145 cm³/mol. The molecule has 1 aromatic heterocycles. The molecule has 3 aliphatic heterocycles. The lowest BCUT2D eigenvalue weighted by Crippen LogP contribution is -2.40. The predicted octanol–water partition coefficient (Wildman–Crippen LogP) is 3.45. The van der Waals surface area contributed by atoms with Crippen molar-refractivity contribution in [2.75, 3.05) is 76.1 Å². The number of fused-ring (bicyclic) bond motifs is 1. The van der Waals surface area contributed by atoms with Crippen molar-refractivity contribution in [3.05, 3.63) is 63.8 Å². The first-order valence-electron chi connectivity index (χ1n) is 13.4. The number of benzene rings is 2. The zero-order valence-electron chi connectivity index (χ0n) is 21.7. The van der Waals surface area contributed by atoms with E-state index in [4.69, 9.17) is 18.6 Å². The summed E-state index contributed by atoms with van der Waals surface area (Å²) in [5.74, 6) is 1.25. The summed E-state index contributed by atoms with van der Waals surface area (Å²) in [6.45, 7) is 5.44. The molecule has 9 nitrogen and oxygen atoms in total. The van der Waals surface area contributed by atoms with Gasteiger partial charge in [-0.3, -0.25) is 9.59 Å². The summed E-state index contributed by atoms with van der Waals surface area (Å²) in [6.07, 6.45) is 1.84. The molecule has 3 aromatic rings. The van der Waals surface area contributed by atoms with E-state index in [9.17, 15) is 9.59 Å². The maximum Gasteiger partial charge on any atom is 0.254 e. The van der Waals surface area contributed by atoms with E-state index in [-0.39, 0.29) is 17.4 Å². The number of ether oxygens (including phenoxy) is 3. The minimum absolute atomic E-state index is 0.0747. The summed E-state index contributed by atoms with van der Waals surface area (Å²) in [5.41, 5.74) is 2.75. The van der Waals surface area contributed by atoms with Crippen molar-refractivity contribution in [3.63, 3.8) is 0 Å². The van der Waals surface area contributed by atoms with Gasteiger partial charge in [-0.1, -0.05) is 12.1 Å². The zero-order chi connectivity index (χ0) is 26.1. The summed E-state index contributed by atoms with van der Waals surface area (Å²) in [5, 5.41) is 0.433. The second kappa shape index (κ2) is 10.7. The molecule has 6 rings (SSSR count). The Morgan fingerprint density at radius 1 is 0.947 bits per heavy atom. The Morgan fingerprint density at radius 2 is 1.68 bits per heavy atom. The lowest BCUT2D eigenvalue weighted by Gasteiger charge is -2.31. The highest BCUT2D eigenvalue weighted by Gasteiger charge is 2.32. The number of rotatable bonds is 5. The van der Waals surface area contributed by atoms with Crippen molar-refractivity contribution in [1.29, 1.82) is 0 Å². The molecule has 200 valence electrons. The van der Waals surface area contributed by atoms with Crippen molar-refractivity contribution in [1.82, 2.24) is 4.90 Å². The number of methoxy groups -OCH3 is 1.